The molecule has 1 heterocycles. The van der Waals surface area contributed by atoms with Crippen LogP contribution in [0.25, 0.3) is 0 Å². The molecule has 1 fully saturated rings. The van der Waals surface area contributed by atoms with E-state index < -0.39 is 27.4 Å². The normalized spacial score (nSPS) is 15.3. The SMILES string of the molecule is COCCN(C1CC1)S(=O)(=O)c1cc(C(N)=O)c(NC(=O)C(C)(C)O)s1. The molecule has 1 aromatic heterocycles. The van der Waals surface area contributed by atoms with Crippen LogP contribution in [-0.2, 0) is 19.6 Å². The molecule has 1 aliphatic rings. The predicted molar refractivity (Wildman–Crippen MR) is 96.6 cm³/mol. The minimum Gasteiger partial charge on any atom is -0.383 e. The number of carbonyl (C=O) groups is 2. The topological polar surface area (TPSA) is 139 Å². The van der Waals surface area contributed by atoms with Crippen LogP contribution in [0.5, 0.6) is 0 Å². The Labute approximate surface area is 156 Å². The number of nitrogens with one attached hydrogen (secondary N) is 1. The largest absolute Gasteiger partial charge is 0.383 e. The molecular formula is C15H23N3O6S2. The predicted octanol–water partition coefficient (Wildman–Crippen LogP) is 0.356. The second kappa shape index (κ2) is 7.61. The van der Waals surface area contributed by atoms with Gasteiger partial charge in [0.2, 0.25) is 0 Å². The maximum absolute atomic E-state index is 13.0. The molecule has 0 radical (unpaired) electrons. The summed E-state index contributed by atoms with van der Waals surface area (Å²) in [6, 6.07) is 1.06. The van der Waals surface area contributed by atoms with E-state index in [1.807, 2.05) is 0 Å². The molecule has 0 saturated heterocycles. The molecule has 0 aliphatic heterocycles. The first-order chi connectivity index (χ1) is 12.0. The van der Waals surface area contributed by atoms with E-state index in [9.17, 15) is 23.1 Å². The lowest BCUT2D eigenvalue weighted by atomic mass is 10.1. The molecule has 1 saturated carbocycles. The first-order valence-electron chi connectivity index (χ1n) is 7.96. The van der Waals surface area contributed by atoms with E-state index in [0.29, 0.717) is 0 Å². The second-order valence-corrected chi connectivity index (χ2v) is 9.69. The van der Waals surface area contributed by atoms with Gasteiger partial charge in [-0.05, 0) is 32.8 Å². The van der Waals surface area contributed by atoms with Gasteiger partial charge in [-0.3, -0.25) is 9.59 Å². The van der Waals surface area contributed by atoms with Gasteiger partial charge in [-0.25, -0.2) is 8.42 Å². The Balaban J connectivity index is 2.38. The molecule has 4 N–H and O–H groups in total. The molecule has 0 unspecified atom stereocenters. The van der Waals surface area contributed by atoms with Crippen molar-refractivity contribution in [3.63, 3.8) is 0 Å². The van der Waals surface area contributed by atoms with Gasteiger partial charge in [0.1, 0.15) is 14.8 Å². The highest BCUT2D eigenvalue weighted by Crippen LogP contribution is 2.37. The molecular weight excluding hydrogens is 382 g/mol. The highest BCUT2D eigenvalue weighted by atomic mass is 32.2. The molecule has 2 rings (SSSR count). The van der Waals surface area contributed by atoms with Crippen molar-refractivity contribution < 1.29 is 27.9 Å². The third-order valence-corrected chi connectivity index (χ3v) is 7.24. The number of hydrogen-bond acceptors (Lipinski definition) is 7. The molecule has 26 heavy (non-hydrogen) atoms. The van der Waals surface area contributed by atoms with Gasteiger partial charge < -0.3 is 20.9 Å². The highest BCUT2D eigenvalue weighted by Gasteiger charge is 2.39. The zero-order chi connectivity index (χ0) is 19.7. The van der Waals surface area contributed by atoms with E-state index in [1.165, 1.54) is 25.3 Å². The molecule has 0 bridgehead atoms. The van der Waals surface area contributed by atoms with Gasteiger partial charge in [0.15, 0.2) is 0 Å². The molecule has 2 amide bonds. The third kappa shape index (κ3) is 4.60. The van der Waals surface area contributed by atoms with Gasteiger partial charge in [-0.1, -0.05) is 0 Å². The highest BCUT2D eigenvalue weighted by molar-refractivity contribution is 7.91. The van der Waals surface area contributed by atoms with E-state index in [2.05, 4.69) is 5.32 Å². The number of anilines is 1. The number of rotatable bonds is 9. The molecule has 1 aliphatic carbocycles. The van der Waals surface area contributed by atoms with Crippen molar-refractivity contribution in [3.05, 3.63) is 11.6 Å². The van der Waals surface area contributed by atoms with Crippen molar-refractivity contribution in [2.24, 2.45) is 5.73 Å². The van der Waals surface area contributed by atoms with E-state index in [1.54, 1.807) is 0 Å². The average molecular weight is 405 g/mol. The molecule has 0 aromatic carbocycles. The maximum Gasteiger partial charge on any atom is 0.256 e. The summed E-state index contributed by atoms with van der Waals surface area (Å²) in [6.07, 6.45) is 1.53. The Morgan fingerprint density at radius 2 is 2.08 bits per heavy atom. The fourth-order valence-electron chi connectivity index (χ4n) is 2.19. The zero-order valence-electron chi connectivity index (χ0n) is 14.8. The van der Waals surface area contributed by atoms with Crippen molar-refractivity contribution in [2.45, 2.75) is 42.5 Å². The number of methoxy groups -OCH3 is 1. The number of hydrogen-bond donors (Lipinski definition) is 3. The van der Waals surface area contributed by atoms with E-state index in [0.717, 1.165) is 30.2 Å². The summed E-state index contributed by atoms with van der Waals surface area (Å²) in [5.74, 6) is -1.65. The first kappa shape index (κ1) is 20.8. The summed E-state index contributed by atoms with van der Waals surface area (Å²) in [7, 11) is -2.38. The Hall–Kier alpha value is -1.53. The molecule has 146 valence electrons. The number of amides is 2. The molecule has 0 spiro atoms. The van der Waals surface area contributed by atoms with Crippen LogP contribution in [0.2, 0.25) is 0 Å². The number of nitrogens with two attached hydrogens (primary N) is 1. The van der Waals surface area contributed by atoms with Crippen molar-refractivity contribution in [1.29, 1.82) is 0 Å². The average Bonchev–Trinajstić information content (AvgIpc) is 3.25. The van der Waals surface area contributed by atoms with Gasteiger partial charge in [-0.2, -0.15) is 4.31 Å². The number of aliphatic hydroxyl groups is 1. The summed E-state index contributed by atoms with van der Waals surface area (Å²) < 4.78 is 32.1. The summed E-state index contributed by atoms with van der Waals surface area (Å²) >= 11 is 0.732. The molecule has 0 atom stereocenters. The summed E-state index contributed by atoms with van der Waals surface area (Å²) in [6.45, 7) is 2.99. The summed E-state index contributed by atoms with van der Waals surface area (Å²) in [4.78, 5) is 23.6. The minimum absolute atomic E-state index is 0.00862. The Kier molecular flexibility index (Phi) is 6.08. The van der Waals surface area contributed by atoms with Crippen LogP contribution in [-0.4, -0.2) is 61.5 Å². The van der Waals surface area contributed by atoms with Crippen molar-refractivity contribution >= 4 is 38.2 Å². The van der Waals surface area contributed by atoms with Crippen LogP contribution >= 0.6 is 11.3 Å². The molecule has 11 heteroatoms. The van der Waals surface area contributed by atoms with E-state index in [-0.39, 0.29) is 34.0 Å². The number of thiophene rings is 1. The van der Waals surface area contributed by atoms with Crippen LogP contribution < -0.4 is 11.1 Å². The van der Waals surface area contributed by atoms with Crippen molar-refractivity contribution in [2.75, 3.05) is 25.6 Å². The number of ether oxygens (including phenoxy) is 1. The van der Waals surface area contributed by atoms with Crippen LogP contribution in [0.4, 0.5) is 5.00 Å². The summed E-state index contributed by atoms with van der Waals surface area (Å²) in [5.41, 5.74) is 3.49. The van der Waals surface area contributed by atoms with E-state index in [4.69, 9.17) is 10.5 Å². The smallest absolute Gasteiger partial charge is 0.256 e. The first-order valence-corrected chi connectivity index (χ1v) is 10.2. The quantitative estimate of drug-likeness (QED) is 0.542. The molecule has 1 aromatic rings. The lowest BCUT2D eigenvalue weighted by Crippen LogP contribution is -2.36. The monoisotopic (exact) mass is 405 g/mol. The Morgan fingerprint density at radius 1 is 1.46 bits per heavy atom. The van der Waals surface area contributed by atoms with E-state index >= 15 is 0 Å². The third-order valence-electron chi connectivity index (χ3n) is 3.79. The van der Waals surface area contributed by atoms with Crippen molar-refractivity contribution in [3.8, 4) is 0 Å². The number of nitrogens with zero attached hydrogens (tertiary/aromatic N) is 1. The van der Waals surface area contributed by atoms with Gasteiger partial charge in [0, 0.05) is 19.7 Å². The standard InChI is InChI=1S/C15H23N3O6S2/c1-15(2,21)14(20)17-13-10(12(16)19)8-11(25-13)26(22,23)18(6-7-24-3)9-4-5-9/h8-9,21H,4-7H2,1-3H3,(H2,16,19)(H,17,20). The lowest BCUT2D eigenvalue weighted by molar-refractivity contribution is -0.130. The van der Waals surface area contributed by atoms with Gasteiger partial charge in [0.05, 0.1) is 12.2 Å². The maximum atomic E-state index is 13.0. The van der Waals surface area contributed by atoms with Gasteiger partial charge in [-0.15, -0.1) is 11.3 Å². The zero-order valence-corrected chi connectivity index (χ0v) is 16.4. The molecule has 9 nitrogen and oxygen atoms in total. The van der Waals surface area contributed by atoms with Gasteiger partial charge in [0.25, 0.3) is 21.8 Å². The van der Waals surface area contributed by atoms with Crippen LogP contribution in [0.3, 0.4) is 0 Å². The van der Waals surface area contributed by atoms with Crippen LogP contribution in [0.1, 0.15) is 37.0 Å². The lowest BCUT2D eigenvalue weighted by Gasteiger charge is -2.20. The van der Waals surface area contributed by atoms with Crippen LogP contribution in [0.15, 0.2) is 10.3 Å². The number of primary amides is 1. The Bertz CT molecular complexity index is 793. The number of sulfonamides is 1. The summed E-state index contributed by atoms with van der Waals surface area (Å²) in [5, 5.41) is 12.1. The fourth-order valence-corrected chi connectivity index (χ4v) is 5.35. The second-order valence-electron chi connectivity index (χ2n) is 6.53. The van der Waals surface area contributed by atoms with Gasteiger partial charge >= 0.3 is 0 Å². The number of carbonyl (C=O) groups excluding carboxylic acids is 2. The minimum atomic E-state index is -3.87. The fraction of sp³-hybridized carbons (Fsp3) is 0.600. The van der Waals surface area contributed by atoms with Crippen LogP contribution in [0, 0.1) is 0 Å². The van der Waals surface area contributed by atoms with Crippen molar-refractivity contribution in [1.82, 2.24) is 4.31 Å². The Morgan fingerprint density at radius 3 is 2.54 bits per heavy atom.